The van der Waals surface area contributed by atoms with E-state index in [2.05, 4.69) is 20.7 Å². The normalized spacial score (nSPS) is 10.5. The van der Waals surface area contributed by atoms with Gasteiger partial charge in [-0.15, -0.1) is 0 Å². The van der Waals surface area contributed by atoms with Gasteiger partial charge in [-0.1, -0.05) is 30.3 Å². The van der Waals surface area contributed by atoms with Gasteiger partial charge in [0, 0.05) is 23.1 Å². The van der Waals surface area contributed by atoms with Crippen molar-refractivity contribution >= 4 is 17.5 Å². The molecule has 4 aromatic rings. The molecule has 0 fully saturated rings. The van der Waals surface area contributed by atoms with Gasteiger partial charge in [0.15, 0.2) is 5.69 Å². The molecule has 0 unspecified atom stereocenters. The van der Waals surface area contributed by atoms with Crippen LogP contribution in [0.3, 0.4) is 0 Å². The van der Waals surface area contributed by atoms with Gasteiger partial charge < -0.3 is 10.6 Å². The first-order valence-electron chi connectivity index (χ1n) is 9.82. The van der Waals surface area contributed by atoms with Crippen LogP contribution in [0.1, 0.15) is 32.2 Å². The monoisotopic (exact) mass is 411 g/mol. The maximum atomic E-state index is 12.7. The van der Waals surface area contributed by atoms with Crippen LogP contribution in [0.2, 0.25) is 0 Å². The highest BCUT2D eigenvalue weighted by molar-refractivity contribution is 6.04. The van der Waals surface area contributed by atoms with E-state index in [1.54, 1.807) is 41.2 Å². The highest BCUT2D eigenvalue weighted by Crippen LogP contribution is 2.15. The lowest BCUT2D eigenvalue weighted by molar-refractivity contribution is 0.0949. The van der Waals surface area contributed by atoms with Gasteiger partial charge in [0.05, 0.1) is 17.9 Å². The van der Waals surface area contributed by atoms with Crippen LogP contribution in [0.25, 0.3) is 5.69 Å². The zero-order valence-corrected chi connectivity index (χ0v) is 16.9. The number of carbonyl (C=O) groups excluding carboxylic acids is 2. The second-order valence-corrected chi connectivity index (χ2v) is 6.96. The predicted octanol–water partition coefficient (Wildman–Crippen LogP) is 3.76. The zero-order valence-electron chi connectivity index (χ0n) is 16.9. The third-order valence-electron chi connectivity index (χ3n) is 4.66. The Morgan fingerprint density at radius 2 is 1.71 bits per heavy atom. The molecule has 0 radical (unpaired) electrons. The first-order chi connectivity index (χ1) is 15.1. The maximum absolute atomic E-state index is 12.7. The number of rotatable bonds is 6. The van der Waals surface area contributed by atoms with E-state index in [0.29, 0.717) is 23.5 Å². The van der Waals surface area contributed by atoms with Crippen molar-refractivity contribution in [2.75, 3.05) is 5.32 Å². The molecule has 2 aromatic carbocycles. The minimum absolute atomic E-state index is 0.244. The SMILES string of the molecule is Cc1cc(C(=O)Nc2cccc(C(=O)NCc3ccccn3)c2)nn1-c1ccccc1. The Bertz CT molecular complexity index is 1200. The van der Waals surface area contributed by atoms with Gasteiger partial charge in [0.2, 0.25) is 0 Å². The number of para-hydroxylation sites is 1. The number of hydrogen-bond donors (Lipinski definition) is 2. The van der Waals surface area contributed by atoms with Gasteiger partial charge in [-0.05, 0) is 55.5 Å². The Morgan fingerprint density at radius 3 is 2.48 bits per heavy atom. The molecule has 2 heterocycles. The number of carbonyl (C=O) groups is 2. The summed E-state index contributed by atoms with van der Waals surface area (Å²) in [6.07, 6.45) is 1.68. The number of nitrogens with zero attached hydrogens (tertiary/aromatic N) is 3. The lowest BCUT2D eigenvalue weighted by atomic mass is 10.2. The Hall–Kier alpha value is -4.26. The number of benzene rings is 2. The molecule has 0 atom stereocenters. The lowest BCUT2D eigenvalue weighted by Crippen LogP contribution is -2.23. The first kappa shape index (κ1) is 20.0. The van der Waals surface area contributed by atoms with Crippen LogP contribution < -0.4 is 10.6 Å². The Kier molecular flexibility index (Phi) is 5.84. The average Bonchev–Trinajstić information content (AvgIpc) is 3.21. The van der Waals surface area contributed by atoms with Crippen LogP contribution in [0.15, 0.2) is 85.1 Å². The van der Waals surface area contributed by atoms with Crippen LogP contribution in [-0.4, -0.2) is 26.6 Å². The van der Waals surface area contributed by atoms with Crippen molar-refractivity contribution in [2.24, 2.45) is 0 Å². The van der Waals surface area contributed by atoms with Crippen LogP contribution in [0.5, 0.6) is 0 Å². The summed E-state index contributed by atoms with van der Waals surface area (Å²) in [6.45, 7) is 2.22. The van der Waals surface area contributed by atoms with E-state index in [-0.39, 0.29) is 11.8 Å². The summed E-state index contributed by atoms with van der Waals surface area (Å²) in [5.41, 5.74) is 3.75. The van der Waals surface area contributed by atoms with Gasteiger partial charge >= 0.3 is 0 Å². The van der Waals surface area contributed by atoms with Crippen LogP contribution in [0, 0.1) is 6.92 Å². The lowest BCUT2D eigenvalue weighted by Gasteiger charge is -2.08. The molecule has 154 valence electrons. The topological polar surface area (TPSA) is 88.9 Å². The quantitative estimate of drug-likeness (QED) is 0.506. The fourth-order valence-electron chi connectivity index (χ4n) is 3.12. The Balaban J connectivity index is 1.44. The summed E-state index contributed by atoms with van der Waals surface area (Å²) in [4.78, 5) is 29.4. The number of hydrogen-bond acceptors (Lipinski definition) is 4. The first-order valence-corrected chi connectivity index (χ1v) is 9.82. The van der Waals surface area contributed by atoms with Crippen molar-refractivity contribution in [3.8, 4) is 5.69 Å². The third kappa shape index (κ3) is 4.84. The highest BCUT2D eigenvalue weighted by Gasteiger charge is 2.14. The van der Waals surface area contributed by atoms with Gasteiger partial charge in [0.25, 0.3) is 11.8 Å². The maximum Gasteiger partial charge on any atom is 0.276 e. The summed E-state index contributed by atoms with van der Waals surface area (Å²) in [7, 11) is 0. The van der Waals surface area contributed by atoms with Crippen molar-refractivity contribution in [1.82, 2.24) is 20.1 Å². The average molecular weight is 411 g/mol. The molecule has 2 aromatic heterocycles. The van der Waals surface area contributed by atoms with E-state index in [1.807, 2.05) is 55.5 Å². The molecule has 4 rings (SSSR count). The second kappa shape index (κ2) is 9.04. The van der Waals surface area contributed by atoms with Crippen molar-refractivity contribution < 1.29 is 9.59 Å². The molecule has 2 amide bonds. The molecule has 2 N–H and O–H groups in total. The molecule has 0 saturated heterocycles. The molecular formula is C24H21N5O2. The fraction of sp³-hybridized carbons (Fsp3) is 0.0833. The van der Waals surface area contributed by atoms with E-state index in [0.717, 1.165) is 17.1 Å². The summed E-state index contributed by atoms with van der Waals surface area (Å²) < 4.78 is 1.72. The van der Waals surface area contributed by atoms with Crippen LogP contribution in [-0.2, 0) is 6.54 Å². The number of anilines is 1. The van der Waals surface area contributed by atoms with Crippen LogP contribution >= 0.6 is 0 Å². The number of nitrogens with one attached hydrogen (secondary N) is 2. The minimum Gasteiger partial charge on any atom is -0.346 e. The van der Waals surface area contributed by atoms with Crippen molar-refractivity contribution in [2.45, 2.75) is 13.5 Å². The van der Waals surface area contributed by atoms with Gasteiger partial charge in [-0.25, -0.2) is 4.68 Å². The zero-order chi connectivity index (χ0) is 21.6. The molecule has 0 aliphatic carbocycles. The fourth-order valence-corrected chi connectivity index (χ4v) is 3.12. The number of aromatic nitrogens is 3. The minimum atomic E-state index is -0.344. The smallest absolute Gasteiger partial charge is 0.276 e. The number of pyridine rings is 1. The molecule has 31 heavy (non-hydrogen) atoms. The largest absolute Gasteiger partial charge is 0.346 e. The summed E-state index contributed by atoms with van der Waals surface area (Å²) in [5, 5.41) is 10.1. The summed E-state index contributed by atoms with van der Waals surface area (Å²) in [5.74, 6) is -0.588. The number of aryl methyl sites for hydroxylation is 1. The highest BCUT2D eigenvalue weighted by atomic mass is 16.2. The van der Waals surface area contributed by atoms with E-state index >= 15 is 0 Å². The molecular weight excluding hydrogens is 390 g/mol. The molecule has 7 nitrogen and oxygen atoms in total. The van der Waals surface area contributed by atoms with Gasteiger partial charge in [-0.3, -0.25) is 14.6 Å². The summed E-state index contributed by atoms with van der Waals surface area (Å²) in [6, 6.07) is 23.6. The molecule has 0 aliphatic rings. The van der Waals surface area contributed by atoms with Gasteiger partial charge in [0.1, 0.15) is 0 Å². The third-order valence-corrected chi connectivity index (χ3v) is 4.66. The molecule has 0 spiro atoms. The van der Waals surface area contributed by atoms with Gasteiger partial charge in [-0.2, -0.15) is 5.10 Å². The molecule has 0 saturated carbocycles. The standard InChI is InChI=1S/C24H21N5O2/c1-17-14-22(28-29(17)21-11-3-2-4-12-21)24(31)27-19-10-7-8-18(15-19)23(30)26-16-20-9-5-6-13-25-20/h2-15H,16H2,1H3,(H,26,30)(H,27,31). The Labute approximate surface area is 179 Å². The van der Waals surface area contributed by atoms with Crippen molar-refractivity contribution in [1.29, 1.82) is 0 Å². The Morgan fingerprint density at radius 1 is 0.903 bits per heavy atom. The van der Waals surface area contributed by atoms with E-state index in [1.165, 1.54) is 0 Å². The van der Waals surface area contributed by atoms with Crippen LogP contribution in [0.4, 0.5) is 5.69 Å². The number of amides is 2. The van der Waals surface area contributed by atoms with E-state index < -0.39 is 0 Å². The van der Waals surface area contributed by atoms with E-state index in [4.69, 9.17) is 0 Å². The second-order valence-electron chi connectivity index (χ2n) is 6.96. The molecule has 7 heteroatoms. The summed E-state index contributed by atoms with van der Waals surface area (Å²) >= 11 is 0. The van der Waals surface area contributed by atoms with E-state index in [9.17, 15) is 9.59 Å². The predicted molar refractivity (Wildman–Crippen MR) is 118 cm³/mol. The molecule has 0 bridgehead atoms. The van der Waals surface area contributed by atoms with Crippen molar-refractivity contribution in [3.63, 3.8) is 0 Å². The van der Waals surface area contributed by atoms with Crippen molar-refractivity contribution in [3.05, 3.63) is 108 Å². The molecule has 0 aliphatic heterocycles.